The summed E-state index contributed by atoms with van der Waals surface area (Å²) in [5.41, 5.74) is 4.60. The van der Waals surface area contributed by atoms with E-state index < -0.39 is 0 Å². The van der Waals surface area contributed by atoms with Gasteiger partial charge >= 0.3 is 0 Å². The van der Waals surface area contributed by atoms with Gasteiger partial charge in [0.2, 0.25) is 0 Å². The Kier molecular flexibility index (Phi) is 2.79. The van der Waals surface area contributed by atoms with Crippen molar-refractivity contribution in [2.75, 3.05) is 6.54 Å². The minimum Gasteiger partial charge on any atom is -0.356 e. The first-order valence-corrected chi connectivity index (χ1v) is 7.02. The van der Waals surface area contributed by atoms with Crippen LogP contribution in [-0.4, -0.2) is 11.5 Å². The fourth-order valence-corrected chi connectivity index (χ4v) is 3.10. The maximum Gasteiger partial charge on any atom is 0.147 e. The number of nitrogens with one attached hydrogen (secondary N) is 2. The zero-order valence-corrected chi connectivity index (χ0v) is 11.3. The molecule has 2 aromatic carbocycles. The fraction of sp³-hybridized carbons (Fsp3) is 0.176. The Balaban J connectivity index is 2.03. The predicted molar refractivity (Wildman–Crippen MR) is 79.1 cm³/mol. The van der Waals surface area contributed by atoms with E-state index in [0.717, 1.165) is 47.3 Å². The normalized spacial score (nSPS) is 14.4. The number of hydrogen-bond donors (Lipinski definition) is 2. The van der Waals surface area contributed by atoms with Crippen LogP contribution in [0.5, 0.6) is 0 Å². The Hall–Kier alpha value is -2.20. The van der Waals surface area contributed by atoms with Gasteiger partial charge in [0.25, 0.3) is 0 Å². The maximum absolute atomic E-state index is 14.1. The SMILES string of the molecule is Fc1ccc(-c2ccc(F)c3[nH]c4c(c23)CNCC4)cc1. The molecule has 1 aliphatic rings. The first-order chi connectivity index (χ1) is 10.2. The third-order valence-corrected chi connectivity index (χ3v) is 4.11. The number of halogens is 2. The molecule has 0 fully saturated rings. The molecule has 0 saturated heterocycles. The number of rotatable bonds is 1. The molecule has 0 amide bonds. The van der Waals surface area contributed by atoms with Crippen LogP contribution in [0.15, 0.2) is 36.4 Å². The second kappa shape index (κ2) is 4.67. The van der Waals surface area contributed by atoms with Crippen molar-refractivity contribution in [3.8, 4) is 11.1 Å². The minimum absolute atomic E-state index is 0.245. The predicted octanol–water partition coefficient (Wildman–Crippen LogP) is 3.76. The van der Waals surface area contributed by atoms with Crippen LogP contribution in [0.4, 0.5) is 8.78 Å². The molecular formula is C17H14F2N2. The van der Waals surface area contributed by atoms with Gasteiger partial charge in [-0.2, -0.15) is 0 Å². The fourth-order valence-electron chi connectivity index (χ4n) is 3.10. The molecule has 2 N–H and O–H groups in total. The van der Waals surface area contributed by atoms with Crippen molar-refractivity contribution in [3.05, 3.63) is 59.3 Å². The maximum atomic E-state index is 14.1. The summed E-state index contributed by atoms with van der Waals surface area (Å²) in [4.78, 5) is 3.22. The molecule has 0 radical (unpaired) electrons. The van der Waals surface area contributed by atoms with E-state index in [0.29, 0.717) is 5.52 Å². The molecule has 0 atom stereocenters. The van der Waals surface area contributed by atoms with Gasteiger partial charge in [0, 0.05) is 30.6 Å². The summed E-state index contributed by atoms with van der Waals surface area (Å²) in [5, 5.41) is 4.23. The van der Waals surface area contributed by atoms with Crippen molar-refractivity contribution >= 4 is 10.9 Å². The molecule has 1 aliphatic heterocycles. The highest BCUT2D eigenvalue weighted by Gasteiger charge is 2.20. The van der Waals surface area contributed by atoms with Crippen molar-refractivity contribution in [1.29, 1.82) is 0 Å². The topological polar surface area (TPSA) is 27.8 Å². The largest absolute Gasteiger partial charge is 0.356 e. The Morgan fingerprint density at radius 2 is 1.76 bits per heavy atom. The van der Waals surface area contributed by atoms with Gasteiger partial charge in [-0.15, -0.1) is 0 Å². The zero-order valence-electron chi connectivity index (χ0n) is 11.3. The molecule has 4 rings (SSSR count). The molecule has 0 saturated carbocycles. The quantitative estimate of drug-likeness (QED) is 0.699. The van der Waals surface area contributed by atoms with Crippen molar-refractivity contribution in [2.24, 2.45) is 0 Å². The molecule has 2 nitrogen and oxygen atoms in total. The van der Waals surface area contributed by atoms with Crippen molar-refractivity contribution in [1.82, 2.24) is 10.3 Å². The van der Waals surface area contributed by atoms with Gasteiger partial charge in [-0.25, -0.2) is 8.78 Å². The van der Waals surface area contributed by atoms with E-state index in [9.17, 15) is 8.78 Å². The molecule has 1 aromatic heterocycles. The summed E-state index contributed by atoms with van der Waals surface area (Å²) in [6.07, 6.45) is 0.867. The van der Waals surface area contributed by atoms with Crippen LogP contribution in [0.1, 0.15) is 11.3 Å². The smallest absolute Gasteiger partial charge is 0.147 e. The second-order valence-electron chi connectivity index (χ2n) is 5.36. The third-order valence-electron chi connectivity index (χ3n) is 4.11. The minimum atomic E-state index is -0.269. The molecule has 0 unspecified atom stereocenters. The molecule has 3 aromatic rings. The summed E-state index contributed by atoms with van der Waals surface area (Å²) in [5.74, 6) is -0.514. The monoisotopic (exact) mass is 284 g/mol. The number of fused-ring (bicyclic) bond motifs is 3. The summed E-state index contributed by atoms with van der Waals surface area (Å²) >= 11 is 0. The zero-order chi connectivity index (χ0) is 14.4. The Morgan fingerprint density at radius 3 is 2.57 bits per heavy atom. The van der Waals surface area contributed by atoms with Crippen LogP contribution in [0.2, 0.25) is 0 Å². The summed E-state index contributed by atoms with van der Waals surface area (Å²) in [6.45, 7) is 1.63. The highest BCUT2D eigenvalue weighted by atomic mass is 19.1. The lowest BCUT2D eigenvalue weighted by Gasteiger charge is -2.14. The molecule has 0 aliphatic carbocycles. The molecule has 106 valence electrons. The first kappa shape index (κ1) is 12.5. The molecule has 0 bridgehead atoms. The summed E-state index contributed by atoms with van der Waals surface area (Å²) < 4.78 is 27.2. The standard InChI is InChI=1S/C17H14F2N2/c18-11-3-1-10(2-4-11)12-5-6-14(19)17-16(12)13-9-20-8-7-15(13)21-17/h1-6,20-21H,7-9H2. The number of hydrogen-bond acceptors (Lipinski definition) is 1. The lowest BCUT2D eigenvalue weighted by Crippen LogP contribution is -2.22. The van der Waals surface area contributed by atoms with E-state index in [4.69, 9.17) is 0 Å². The van der Waals surface area contributed by atoms with Crippen LogP contribution in [0, 0.1) is 11.6 Å². The molecule has 4 heteroatoms. The van der Waals surface area contributed by atoms with Crippen LogP contribution in [0.3, 0.4) is 0 Å². The van der Waals surface area contributed by atoms with Gasteiger partial charge < -0.3 is 10.3 Å². The van der Waals surface area contributed by atoms with Crippen molar-refractivity contribution in [3.63, 3.8) is 0 Å². The van der Waals surface area contributed by atoms with E-state index in [-0.39, 0.29) is 11.6 Å². The Bertz CT molecular complexity index is 819. The number of H-pyrrole nitrogens is 1. The average Bonchev–Trinajstić information content (AvgIpc) is 2.90. The first-order valence-electron chi connectivity index (χ1n) is 7.02. The molecule has 0 spiro atoms. The highest BCUT2D eigenvalue weighted by Crippen LogP contribution is 2.35. The lowest BCUT2D eigenvalue weighted by atomic mass is 9.96. The van der Waals surface area contributed by atoms with Crippen molar-refractivity contribution < 1.29 is 8.78 Å². The van der Waals surface area contributed by atoms with Crippen LogP contribution in [-0.2, 0) is 13.0 Å². The number of aromatic amines is 1. The van der Waals surface area contributed by atoms with E-state index in [1.54, 1.807) is 18.2 Å². The third kappa shape index (κ3) is 1.94. The summed E-state index contributed by atoms with van der Waals surface area (Å²) in [6, 6.07) is 9.57. The van der Waals surface area contributed by atoms with Gasteiger partial charge in [0.1, 0.15) is 11.6 Å². The Morgan fingerprint density at radius 1 is 0.952 bits per heavy atom. The Labute approximate surface area is 120 Å². The van der Waals surface area contributed by atoms with E-state index >= 15 is 0 Å². The van der Waals surface area contributed by atoms with Crippen LogP contribution in [0.25, 0.3) is 22.0 Å². The van der Waals surface area contributed by atoms with E-state index in [2.05, 4.69) is 10.3 Å². The van der Waals surface area contributed by atoms with E-state index in [1.165, 1.54) is 18.2 Å². The van der Waals surface area contributed by atoms with E-state index in [1.807, 2.05) is 0 Å². The number of aromatic nitrogens is 1. The highest BCUT2D eigenvalue weighted by molar-refractivity contribution is 5.99. The van der Waals surface area contributed by atoms with Crippen LogP contribution >= 0.6 is 0 Å². The number of benzene rings is 2. The molecule has 2 heterocycles. The van der Waals surface area contributed by atoms with Gasteiger partial charge in [-0.05, 0) is 34.9 Å². The lowest BCUT2D eigenvalue weighted by molar-refractivity contribution is 0.628. The van der Waals surface area contributed by atoms with Crippen LogP contribution < -0.4 is 5.32 Å². The van der Waals surface area contributed by atoms with Gasteiger partial charge in [0.05, 0.1) is 5.52 Å². The summed E-state index contributed by atoms with van der Waals surface area (Å²) in [7, 11) is 0. The molecule has 21 heavy (non-hydrogen) atoms. The average molecular weight is 284 g/mol. The van der Waals surface area contributed by atoms with Gasteiger partial charge in [-0.3, -0.25) is 0 Å². The van der Waals surface area contributed by atoms with Crippen molar-refractivity contribution in [2.45, 2.75) is 13.0 Å². The van der Waals surface area contributed by atoms with Gasteiger partial charge in [-0.1, -0.05) is 18.2 Å². The second-order valence-corrected chi connectivity index (χ2v) is 5.36. The van der Waals surface area contributed by atoms with Gasteiger partial charge in [0.15, 0.2) is 0 Å². The molecular weight excluding hydrogens is 270 g/mol.